The van der Waals surface area contributed by atoms with Gasteiger partial charge in [0.25, 0.3) is 0 Å². The molecule has 94 valence electrons. The number of nitrogens with one attached hydrogen (secondary N) is 1. The van der Waals surface area contributed by atoms with Gasteiger partial charge in [-0.3, -0.25) is 0 Å². The Hall–Kier alpha value is -1.39. The molecule has 0 aliphatic carbocycles. The van der Waals surface area contributed by atoms with E-state index in [0.29, 0.717) is 12.4 Å². The lowest BCUT2D eigenvalue weighted by Gasteiger charge is -2.16. The van der Waals surface area contributed by atoms with Crippen molar-refractivity contribution in [3.05, 3.63) is 36.0 Å². The van der Waals surface area contributed by atoms with Gasteiger partial charge in [0.1, 0.15) is 0 Å². The molecule has 0 fully saturated rings. The predicted octanol–water partition coefficient (Wildman–Crippen LogP) is 1.65. The van der Waals surface area contributed by atoms with E-state index in [1.165, 1.54) is 0 Å². The van der Waals surface area contributed by atoms with Crippen LogP contribution < -0.4 is 15.8 Å². The number of pyridine rings is 1. The Morgan fingerprint density at radius 2 is 2.35 bits per heavy atom. The molecule has 1 atom stereocenters. The van der Waals surface area contributed by atoms with E-state index >= 15 is 0 Å². The normalized spacial score (nSPS) is 12.9. The Balaban J connectivity index is 2.53. The van der Waals surface area contributed by atoms with Crippen LogP contribution >= 0.6 is 0 Å². The van der Waals surface area contributed by atoms with Gasteiger partial charge in [0.2, 0.25) is 5.88 Å². The van der Waals surface area contributed by atoms with Crippen LogP contribution in [-0.2, 0) is 0 Å². The van der Waals surface area contributed by atoms with Gasteiger partial charge >= 0.3 is 0 Å². The summed E-state index contributed by atoms with van der Waals surface area (Å²) >= 11 is 0. The Kier molecular flexibility index (Phi) is 6.29. The summed E-state index contributed by atoms with van der Waals surface area (Å²) in [5.74, 6) is 0.624. The highest BCUT2D eigenvalue weighted by atomic mass is 16.5. The first-order chi connectivity index (χ1) is 8.31. The second-order valence-corrected chi connectivity index (χ2v) is 3.73. The number of allylic oxidation sites excluding steroid dienone is 1. The standard InChI is InChI=1S/C13H21N3O/c1-3-4-5-8-15-12(9-14)11-6-7-13(17-2)16-10-11/h3-4,6-7,10,12,15H,5,8-9,14H2,1-2H3/b4-3+. The summed E-state index contributed by atoms with van der Waals surface area (Å²) in [7, 11) is 1.61. The molecular formula is C13H21N3O. The average Bonchev–Trinajstić information content (AvgIpc) is 2.39. The Morgan fingerprint density at radius 1 is 1.53 bits per heavy atom. The summed E-state index contributed by atoms with van der Waals surface area (Å²) in [6, 6.07) is 4.00. The van der Waals surface area contributed by atoms with Gasteiger partial charge in [0, 0.05) is 24.8 Å². The monoisotopic (exact) mass is 235 g/mol. The van der Waals surface area contributed by atoms with Crippen LogP contribution in [0.25, 0.3) is 0 Å². The molecular weight excluding hydrogens is 214 g/mol. The first-order valence-electron chi connectivity index (χ1n) is 5.86. The first kappa shape index (κ1) is 13.7. The van der Waals surface area contributed by atoms with Crippen molar-refractivity contribution >= 4 is 0 Å². The number of hydrogen-bond acceptors (Lipinski definition) is 4. The van der Waals surface area contributed by atoms with Crippen molar-refractivity contribution in [1.29, 1.82) is 0 Å². The molecule has 4 nitrogen and oxygen atoms in total. The minimum atomic E-state index is 0.152. The molecule has 1 aromatic heterocycles. The maximum absolute atomic E-state index is 5.75. The van der Waals surface area contributed by atoms with Gasteiger partial charge < -0.3 is 15.8 Å². The zero-order valence-electron chi connectivity index (χ0n) is 10.5. The van der Waals surface area contributed by atoms with Gasteiger partial charge in [0.15, 0.2) is 0 Å². The van der Waals surface area contributed by atoms with Gasteiger partial charge in [-0.15, -0.1) is 0 Å². The predicted molar refractivity (Wildman–Crippen MR) is 70.0 cm³/mol. The SMILES string of the molecule is C/C=C/CCNC(CN)c1ccc(OC)nc1. The van der Waals surface area contributed by atoms with Crippen molar-refractivity contribution < 1.29 is 4.74 Å². The van der Waals surface area contributed by atoms with Crippen LogP contribution in [0.1, 0.15) is 24.9 Å². The zero-order valence-corrected chi connectivity index (χ0v) is 10.5. The van der Waals surface area contributed by atoms with Crippen LogP contribution in [0.3, 0.4) is 0 Å². The summed E-state index contributed by atoms with van der Waals surface area (Å²) in [5, 5.41) is 3.40. The van der Waals surface area contributed by atoms with Crippen molar-refractivity contribution in [2.75, 3.05) is 20.2 Å². The molecule has 0 aromatic carbocycles. The first-order valence-corrected chi connectivity index (χ1v) is 5.86. The summed E-state index contributed by atoms with van der Waals surface area (Å²) in [4.78, 5) is 4.18. The number of nitrogens with zero attached hydrogens (tertiary/aromatic N) is 1. The molecule has 1 unspecified atom stereocenters. The molecule has 0 radical (unpaired) electrons. The number of hydrogen-bond donors (Lipinski definition) is 2. The Labute approximate surface area is 103 Å². The average molecular weight is 235 g/mol. The molecule has 0 aliphatic rings. The Morgan fingerprint density at radius 3 is 2.88 bits per heavy atom. The van der Waals surface area contributed by atoms with Gasteiger partial charge in [0.05, 0.1) is 7.11 Å². The minimum absolute atomic E-state index is 0.152. The molecule has 1 heterocycles. The van der Waals surface area contributed by atoms with Gasteiger partial charge in [-0.2, -0.15) is 0 Å². The fraction of sp³-hybridized carbons (Fsp3) is 0.462. The van der Waals surface area contributed by atoms with Crippen LogP contribution in [0, 0.1) is 0 Å². The zero-order chi connectivity index (χ0) is 12.5. The molecule has 4 heteroatoms. The molecule has 1 rings (SSSR count). The molecule has 0 spiro atoms. The molecule has 1 aromatic rings. The number of ether oxygens (including phenoxy) is 1. The van der Waals surface area contributed by atoms with Crippen molar-refractivity contribution in [3.8, 4) is 5.88 Å². The maximum atomic E-state index is 5.75. The lowest BCUT2D eigenvalue weighted by Crippen LogP contribution is -2.28. The van der Waals surface area contributed by atoms with Crippen LogP contribution in [0.15, 0.2) is 30.5 Å². The van der Waals surface area contributed by atoms with E-state index in [4.69, 9.17) is 10.5 Å². The summed E-state index contributed by atoms with van der Waals surface area (Å²) in [5.41, 5.74) is 6.84. The van der Waals surface area contributed by atoms with Crippen LogP contribution in [0.5, 0.6) is 5.88 Å². The van der Waals surface area contributed by atoms with E-state index in [2.05, 4.69) is 16.4 Å². The molecule has 0 amide bonds. The fourth-order valence-electron chi connectivity index (χ4n) is 1.56. The highest BCUT2D eigenvalue weighted by Gasteiger charge is 2.08. The van der Waals surface area contributed by atoms with Crippen LogP contribution in [-0.4, -0.2) is 25.2 Å². The lowest BCUT2D eigenvalue weighted by atomic mass is 10.1. The van der Waals surface area contributed by atoms with Gasteiger partial charge in [-0.25, -0.2) is 4.98 Å². The van der Waals surface area contributed by atoms with E-state index in [-0.39, 0.29) is 6.04 Å². The molecule has 0 aliphatic heterocycles. The van der Waals surface area contributed by atoms with Crippen molar-refractivity contribution in [3.63, 3.8) is 0 Å². The number of rotatable bonds is 7. The molecule has 3 N–H and O–H groups in total. The number of methoxy groups -OCH3 is 1. The Bertz CT molecular complexity index is 335. The van der Waals surface area contributed by atoms with Crippen molar-refractivity contribution in [2.45, 2.75) is 19.4 Å². The van der Waals surface area contributed by atoms with Crippen LogP contribution in [0.4, 0.5) is 0 Å². The number of nitrogens with two attached hydrogens (primary N) is 1. The summed E-state index contributed by atoms with van der Waals surface area (Å²) in [6.45, 7) is 3.50. The summed E-state index contributed by atoms with van der Waals surface area (Å²) in [6.07, 6.45) is 7.00. The largest absolute Gasteiger partial charge is 0.481 e. The highest BCUT2D eigenvalue weighted by Crippen LogP contribution is 2.13. The third-order valence-electron chi connectivity index (χ3n) is 2.54. The fourth-order valence-corrected chi connectivity index (χ4v) is 1.56. The third-order valence-corrected chi connectivity index (χ3v) is 2.54. The van der Waals surface area contributed by atoms with E-state index in [0.717, 1.165) is 18.5 Å². The highest BCUT2D eigenvalue weighted by molar-refractivity contribution is 5.21. The molecule has 0 saturated carbocycles. The smallest absolute Gasteiger partial charge is 0.212 e. The minimum Gasteiger partial charge on any atom is -0.481 e. The van der Waals surface area contributed by atoms with Crippen LogP contribution in [0.2, 0.25) is 0 Å². The van der Waals surface area contributed by atoms with Crippen molar-refractivity contribution in [2.24, 2.45) is 5.73 Å². The summed E-state index contributed by atoms with van der Waals surface area (Å²) < 4.78 is 5.02. The lowest BCUT2D eigenvalue weighted by molar-refractivity contribution is 0.397. The quantitative estimate of drug-likeness (QED) is 0.557. The molecule has 0 saturated heterocycles. The third kappa shape index (κ3) is 4.54. The second kappa shape index (κ2) is 7.81. The van der Waals surface area contributed by atoms with Gasteiger partial charge in [-0.05, 0) is 25.5 Å². The van der Waals surface area contributed by atoms with E-state index < -0.39 is 0 Å². The second-order valence-electron chi connectivity index (χ2n) is 3.73. The topological polar surface area (TPSA) is 60.2 Å². The molecule has 0 bridgehead atoms. The van der Waals surface area contributed by atoms with E-state index in [1.54, 1.807) is 13.3 Å². The van der Waals surface area contributed by atoms with Gasteiger partial charge in [-0.1, -0.05) is 18.2 Å². The number of aromatic nitrogens is 1. The molecule has 17 heavy (non-hydrogen) atoms. The maximum Gasteiger partial charge on any atom is 0.212 e. The van der Waals surface area contributed by atoms with E-state index in [1.807, 2.05) is 25.1 Å². The van der Waals surface area contributed by atoms with Crippen molar-refractivity contribution in [1.82, 2.24) is 10.3 Å². The van der Waals surface area contributed by atoms with E-state index in [9.17, 15) is 0 Å².